The molecule has 1 unspecified atom stereocenters. The molecule has 0 aliphatic heterocycles. The second-order valence-corrected chi connectivity index (χ2v) is 5.15. The Hall–Kier alpha value is -1.06. The Morgan fingerprint density at radius 3 is 2.22 bits per heavy atom. The molecule has 0 heterocycles. The van der Waals surface area contributed by atoms with Crippen LogP contribution >= 0.6 is 0 Å². The smallest absolute Gasteiger partial charge is 0.119 e. The summed E-state index contributed by atoms with van der Waals surface area (Å²) in [6, 6.07) is 8.84. The van der Waals surface area contributed by atoms with Crippen LogP contribution in [0.5, 0.6) is 5.75 Å². The number of nitrogens with two attached hydrogens (primary N) is 1. The lowest BCUT2D eigenvalue weighted by Gasteiger charge is -2.25. The van der Waals surface area contributed by atoms with E-state index in [1.807, 2.05) is 26.0 Å². The van der Waals surface area contributed by atoms with Crippen molar-refractivity contribution in [1.29, 1.82) is 0 Å². The maximum Gasteiger partial charge on any atom is 0.119 e. The van der Waals surface area contributed by atoms with E-state index in [-0.39, 0.29) is 6.10 Å². The molecular formula is C15H26N2O. The Kier molecular flexibility index (Phi) is 6.16. The van der Waals surface area contributed by atoms with Crippen molar-refractivity contribution in [1.82, 2.24) is 4.90 Å². The van der Waals surface area contributed by atoms with Gasteiger partial charge in [-0.3, -0.25) is 0 Å². The molecule has 0 aromatic heterocycles. The van der Waals surface area contributed by atoms with Gasteiger partial charge in [0.15, 0.2) is 0 Å². The van der Waals surface area contributed by atoms with Crippen LogP contribution in [0.2, 0.25) is 0 Å². The van der Waals surface area contributed by atoms with Gasteiger partial charge >= 0.3 is 0 Å². The summed E-state index contributed by atoms with van der Waals surface area (Å²) in [4.78, 5) is 2.24. The highest BCUT2D eigenvalue weighted by atomic mass is 16.5. The first-order valence-corrected chi connectivity index (χ1v) is 6.67. The van der Waals surface area contributed by atoms with Crippen molar-refractivity contribution in [3.8, 4) is 5.75 Å². The van der Waals surface area contributed by atoms with Crippen LogP contribution in [0.4, 0.5) is 0 Å². The first-order chi connectivity index (χ1) is 8.54. The largest absolute Gasteiger partial charge is 0.491 e. The van der Waals surface area contributed by atoms with Crippen molar-refractivity contribution in [3.05, 3.63) is 29.8 Å². The van der Waals surface area contributed by atoms with Crippen molar-refractivity contribution < 1.29 is 4.74 Å². The van der Waals surface area contributed by atoms with Crippen LogP contribution in [0.3, 0.4) is 0 Å². The molecule has 0 saturated heterocycles. The number of hydrogen-bond donors (Lipinski definition) is 1. The number of ether oxygens (including phenoxy) is 1. The molecule has 0 aliphatic carbocycles. The summed E-state index contributed by atoms with van der Waals surface area (Å²) >= 11 is 0. The van der Waals surface area contributed by atoms with Gasteiger partial charge in [-0.1, -0.05) is 12.1 Å². The summed E-state index contributed by atoms with van der Waals surface area (Å²) in [5.74, 6) is 0.935. The molecule has 1 rings (SSSR count). The van der Waals surface area contributed by atoms with Crippen molar-refractivity contribution >= 4 is 0 Å². The standard InChI is InChI=1S/C15H26N2O/c1-12(2)18-14-9-7-13(8-10-14)15(17(3)4)6-5-11-16/h7-10,12,15H,5-6,11,16H2,1-4H3. The molecule has 0 spiro atoms. The molecule has 0 radical (unpaired) electrons. The lowest BCUT2D eigenvalue weighted by molar-refractivity contribution is 0.241. The van der Waals surface area contributed by atoms with Gasteiger partial charge in [-0.15, -0.1) is 0 Å². The topological polar surface area (TPSA) is 38.5 Å². The number of rotatable bonds is 7. The second-order valence-electron chi connectivity index (χ2n) is 5.15. The van der Waals surface area contributed by atoms with Crippen LogP contribution in [0, 0.1) is 0 Å². The zero-order chi connectivity index (χ0) is 13.5. The van der Waals surface area contributed by atoms with E-state index < -0.39 is 0 Å². The van der Waals surface area contributed by atoms with Gasteiger partial charge in [0, 0.05) is 6.04 Å². The van der Waals surface area contributed by atoms with E-state index in [0.717, 1.165) is 25.1 Å². The Labute approximate surface area is 111 Å². The average molecular weight is 250 g/mol. The van der Waals surface area contributed by atoms with E-state index in [9.17, 15) is 0 Å². The molecule has 2 N–H and O–H groups in total. The number of nitrogens with zero attached hydrogens (tertiary/aromatic N) is 1. The van der Waals surface area contributed by atoms with Crippen LogP contribution in [0.1, 0.15) is 38.3 Å². The molecule has 0 aliphatic rings. The van der Waals surface area contributed by atoms with E-state index in [2.05, 4.69) is 31.1 Å². The fourth-order valence-corrected chi connectivity index (χ4v) is 2.07. The zero-order valence-corrected chi connectivity index (χ0v) is 12.0. The number of benzene rings is 1. The quantitative estimate of drug-likeness (QED) is 0.808. The SMILES string of the molecule is CC(C)Oc1ccc(C(CCCN)N(C)C)cc1. The molecule has 1 aromatic carbocycles. The molecule has 1 aromatic rings. The molecular weight excluding hydrogens is 224 g/mol. The minimum Gasteiger partial charge on any atom is -0.491 e. The molecule has 0 fully saturated rings. The highest BCUT2D eigenvalue weighted by Gasteiger charge is 2.13. The Morgan fingerprint density at radius 1 is 1.17 bits per heavy atom. The van der Waals surface area contributed by atoms with Crippen LogP contribution in [0.15, 0.2) is 24.3 Å². The third kappa shape index (κ3) is 4.67. The molecule has 0 amide bonds. The lowest BCUT2D eigenvalue weighted by Crippen LogP contribution is -2.20. The van der Waals surface area contributed by atoms with Gasteiger partial charge in [0.05, 0.1) is 6.10 Å². The van der Waals surface area contributed by atoms with Crippen molar-refractivity contribution in [2.24, 2.45) is 5.73 Å². The molecule has 0 saturated carbocycles. The first-order valence-electron chi connectivity index (χ1n) is 6.67. The predicted octanol–water partition coefficient (Wildman–Crippen LogP) is 2.82. The molecule has 0 bridgehead atoms. The fraction of sp³-hybridized carbons (Fsp3) is 0.600. The van der Waals surface area contributed by atoms with Crippen molar-refractivity contribution in [3.63, 3.8) is 0 Å². The zero-order valence-electron chi connectivity index (χ0n) is 12.0. The summed E-state index contributed by atoms with van der Waals surface area (Å²) in [6.07, 6.45) is 2.36. The monoisotopic (exact) mass is 250 g/mol. The van der Waals surface area contributed by atoms with Gasteiger partial charge in [0.2, 0.25) is 0 Å². The van der Waals surface area contributed by atoms with Crippen LogP contribution in [0.25, 0.3) is 0 Å². The van der Waals surface area contributed by atoms with Crippen molar-refractivity contribution in [2.45, 2.75) is 38.8 Å². The maximum atomic E-state index is 5.66. The van der Waals surface area contributed by atoms with E-state index in [1.165, 1.54) is 5.56 Å². The summed E-state index contributed by atoms with van der Waals surface area (Å²) in [5.41, 5.74) is 6.92. The second kappa shape index (κ2) is 7.39. The first kappa shape index (κ1) is 15.0. The molecule has 102 valence electrons. The van der Waals surface area contributed by atoms with Gasteiger partial charge in [0.25, 0.3) is 0 Å². The van der Waals surface area contributed by atoms with Gasteiger partial charge in [-0.25, -0.2) is 0 Å². The normalized spacial score (nSPS) is 13.1. The summed E-state index contributed by atoms with van der Waals surface area (Å²) in [6.45, 7) is 4.83. The summed E-state index contributed by atoms with van der Waals surface area (Å²) < 4.78 is 5.66. The Bertz CT molecular complexity index is 333. The predicted molar refractivity (Wildman–Crippen MR) is 76.9 cm³/mol. The van der Waals surface area contributed by atoms with Crippen LogP contribution in [-0.2, 0) is 0 Å². The van der Waals surface area contributed by atoms with E-state index in [1.54, 1.807) is 0 Å². The Morgan fingerprint density at radius 2 is 1.78 bits per heavy atom. The van der Waals surface area contributed by atoms with Gasteiger partial charge < -0.3 is 15.4 Å². The van der Waals surface area contributed by atoms with Crippen LogP contribution in [-0.4, -0.2) is 31.6 Å². The maximum absolute atomic E-state index is 5.66. The van der Waals surface area contributed by atoms with E-state index >= 15 is 0 Å². The van der Waals surface area contributed by atoms with Gasteiger partial charge in [-0.05, 0) is 65.0 Å². The molecule has 18 heavy (non-hydrogen) atoms. The highest BCUT2D eigenvalue weighted by Crippen LogP contribution is 2.25. The van der Waals surface area contributed by atoms with E-state index in [0.29, 0.717) is 6.04 Å². The van der Waals surface area contributed by atoms with Crippen LogP contribution < -0.4 is 10.5 Å². The minimum absolute atomic E-state index is 0.220. The van der Waals surface area contributed by atoms with Gasteiger partial charge in [0.1, 0.15) is 5.75 Å². The summed E-state index contributed by atoms with van der Waals surface area (Å²) in [7, 11) is 4.22. The highest BCUT2D eigenvalue weighted by molar-refractivity contribution is 5.29. The number of hydrogen-bond acceptors (Lipinski definition) is 3. The minimum atomic E-state index is 0.220. The summed E-state index contributed by atoms with van der Waals surface area (Å²) in [5, 5.41) is 0. The molecule has 3 nitrogen and oxygen atoms in total. The molecule has 1 atom stereocenters. The van der Waals surface area contributed by atoms with Gasteiger partial charge in [-0.2, -0.15) is 0 Å². The van der Waals surface area contributed by atoms with Crippen molar-refractivity contribution in [2.75, 3.05) is 20.6 Å². The third-order valence-corrected chi connectivity index (χ3v) is 2.94. The molecule has 3 heteroatoms. The third-order valence-electron chi connectivity index (χ3n) is 2.94. The average Bonchev–Trinajstić information content (AvgIpc) is 2.30. The fourth-order valence-electron chi connectivity index (χ4n) is 2.07. The Balaban J connectivity index is 2.73. The van der Waals surface area contributed by atoms with E-state index in [4.69, 9.17) is 10.5 Å². The lowest BCUT2D eigenvalue weighted by atomic mass is 10.0.